The first-order valence-electron chi connectivity index (χ1n) is 5.89. The van der Waals surface area contributed by atoms with Gasteiger partial charge in [-0.2, -0.15) is 0 Å². The SMILES string of the molecule is CCOC(=O)C(C)(C)C(C)(O)c1ccccc1Br. The van der Waals surface area contributed by atoms with Crippen molar-refractivity contribution in [1.29, 1.82) is 0 Å². The highest BCUT2D eigenvalue weighted by Gasteiger charge is 2.48. The minimum absolute atomic E-state index is 0.300. The molecule has 1 aromatic carbocycles. The average Bonchev–Trinajstić information content (AvgIpc) is 2.29. The third-order valence-corrected chi connectivity index (χ3v) is 4.09. The predicted molar refractivity (Wildman–Crippen MR) is 74.1 cm³/mol. The summed E-state index contributed by atoms with van der Waals surface area (Å²) in [5, 5.41) is 10.8. The van der Waals surface area contributed by atoms with Gasteiger partial charge in [-0.05, 0) is 39.3 Å². The molecular formula is C14H19BrO3. The molecule has 0 amide bonds. The van der Waals surface area contributed by atoms with Crippen LogP contribution < -0.4 is 0 Å². The van der Waals surface area contributed by atoms with Crippen LogP contribution in [0.3, 0.4) is 0 Å². The van der Waals surface area contributed by atoms with E-state index >= 15 is 0 Å². The number of carbonyl (C=O) groups excluding carboxylic acids is 1. The summed E-state index contributed by atoms with van der Waals surface area (Å²) < 4.78 is 5.81. The van der Waals surface area contributed by atoms with Gasteiger partial charge in [-0.3, -0.25) is 4.79 Å². The monoisotopic (exact) mass is 314 g/mol. The standard InChI is InChI=1S/C14H19BrO3/c1-5-18-12(16)13(2,3)14(4,17)10-8-6-7-9-11(10)15/h6-9,17H,5H2,1-4H3. The van der Waals surface area contributed by atoms with Crippen LogP contribution in [-0.2, 0) is 15.1 Å². The van der Waals surface area contributed by atoms with Crippen LogP contribution in [0.1, 0.15) is 33.3 Å². The fraction of sp³-hybridized carbons (Fsp3) is 0.500. The Labute approximate surface area is 116 Å². The Bertz CT molecular complexity index is 438. The fourth-order valence-electron chi connectivity index (χ4n) is 1.70. The highest BCUT2D eigenvalue weighted by atomic mass is 79.9. The lowest BCUT2D eigenvalue weighted by Gasteiger charge is -2.38. The molecule has 18 heavy (non-hydrogen) atoms. The molecule has 1 rings (SSSR count). The predicted octanol–water partition coefficient (Wildman–Crippen LogP) is 3.25. The third-order valence-electron chi connectivity index (χ3n) is 3.40. The Hall–Kier alpha value is -0.870. The Morgan fingerprint density at radius 1 is 1.33 bits per heavy atom. The van der Waals surface area contributed by atoms with Gasteiger partial charge in [-0.25, -0.2) is 0 Å². The summed E-state index contributed by atoms with van der Waals surface area (Å²) in [6.07, 6.45) is 0. The van der Waals surface area contributed by atoms with Crippen LogP contribution in [0, 0.1) is 5.41 Å². The van der Waals surface area contributed by atoms with Gasteiger partial charge in [-0.15, -0.1) is 0 Å². The lowest BCUT2D eigenvalue weighted by Crippen LogP contribution is -2.46. The maximum Gasteiger partial charge on any atom is 0.314 e. The van der Waals surface area contributed by atoms with Crippen LogP contribution in [0.5, 0.6) is 0 Å². The lowest BCUT2D eigenvalue weighted by molar-refractivity contribution is -0.170. The van der Waals surface area contributed by atoms with Crippen molar-refractivity contribution in [1.82, 2.24) is 0 Å². The number of halogens is 1. The van der Waals surface area contributed by atoms with E-state index in [1.54, 1.807) is 33.8 Å². The first-order valence-corrected chi connectivity index (χ1v) is 6.69. The smallest absolute Gasteiger partial charge is 0.314 e. The van der Waals surface area contributed by atoms with Gasteiger partial charge < -0.3 is 9.84 Å². The van der Waals surface area contributed by atoms with E-state index in [0.29, 0.717) is 12.2 Å². The van der Waals surface area contributed by atoms with Crippen molar-refractivity contribution in [3.63, 3.8) is 0 Å². The quantitative estimate of drug-likeness (QED) is 0.868. The molecule has 0 aliphatic rings. The van der Waals surface area contributed by atoms with E-state index in [4.69, 9.17) is 4.74 Å². The molecule has 0 heterocycles. The van der Waals surface area contributed by atoms with Gasteiger partial charge in [0, 0.05) is 4.47 Å². The summed E-state index contributed by atoms with van der Waals surface area (Å²) in [5.41, 5.74) is -1.69. The van der Waals surface area contributed by atoms with E-state index in [0.717, 1.165) is 4.47 Å². The largest absolute Gasteiger partial charge is 0.465 e. The summed E-state index contributed by atoms with van der Waals surface area (Å²) in [6, 6.07) is 7.33. The second-order valence-electron chi connectivity index (χ2n) is 4.90. The number of ether oxygens (including phenoxy) is 1. The van der Waals surface area contributed by atoms with Gasteiger partial charge in [0.1, 0.15) is 5.60 Å². The minimum atomic E-state index is -1.32. The normalized spacial score (nSPS) is 15.0. The second-order valence-corrected chi connectivity index (χ2v) is 5.75. The molecule has 1 atom stereocenters. The fourth-order valence-corrected chi connectivity index (χ4v) is 2.37. The summed E-state index contributed by atoms with van der Waals surface area (Å²) in [5.74, 6) is -0.411. The Morgan fingerprint density at radius 2 is 1.89 bits per heavy atom. The number of hydrogen-bond donors (Lipinski definition) is 1. The molecule has 0 saturated heterocycles. The molecule has 0 bridgehead atoms. The van der Waals surface area contributed by atoms with Crippen molar-refractivity contribution in [2.24, 2.45) is 5.41 Å². The van der Waals surface area contributed by atoms with Crippen molar-refractivity contribution in [3.8, 4) is 0 Å². The van der Waals surface area contributed by atoms with Gasteiger partial charge in [0.25, 0.3) is 0 Å². The van der Waals surface area contributed by atoms with Crippen molar-refractivity contribution in [2.75, 3.05) is 6.61 Å². The number of benzene rings is 1. The van der Waals surface area contributed by atoms with Crippen LogP contribution in [-0.4, -0.2) is 17.7 Å². The van der Waals surface area contributed by atoms with Gasteiger partial charge in [0.05, 0.1) is 12.0 Å². The van der Waals surface area contributed by atoms with Crippen LogP contribution in [0.15, 0.2) is 28.7 Å². The summed E-state index contributed by atoms with van der Waals surface area (Å²) in [7, 11) is 0. The van der Waals surface area contributed by atoms with Gasteiger partial charge in [-0.1, -0.05) is 34.1 Å². The number of carbonyl (C=O) groups is 1. The summed E-state index contributed by atoms with van der Waals surface area (Å²) in [4.78, 5) is 12.0. The van der Waals surface area contributed by atoms with E-state index in [1.165, 1.54) is 0 Å². The van der Waals surface area contributed by atoms with Gasteiger partial charge >= 0.3 is 5.97 Å². The Kier molecular flexibility index (Phi) is 4.56. The average molecular weight is 315 g/mol. The molecule has 0 aliphatic heterocycles. The number of rotatable bonds is 4. The molecule has 1 aromatic rings. The topological polar surface area (TPSA) is 46.5 Å². The van der Waals surface area contributed by atoms with E-state index in [1.807, 2.05) is 18.2 Å². The highest BCUT2D eigenvalue weighted by molar-refractivity contribution is 9.10. The van der Waals surface area contributed by atoms with Gasteiger partial charge in [0.2, 0.25) is 0 Å². The molecule has 0 aliphatic carbocycles. The molecule has 100 valence electrons. The number of aliphatic hydroxyl groups is 1. The zero-order chi connectivity index (χ0) is 14.0. The van der Waals surface area contributed by atoms with E-state index in [2.05, 4.69) is 15.9 Å². The maximum atomic E-state index is 12.0. The van der Waals surface area contributed by atoms with E-state index < -0.39 is 17.0 Å². The van der Waals surface area contributed by atoms with Crippen LogP contribution in [0.2, 0.25) is 0 Å². The molecule has 4 heteroatoms. The molecule has 0 spiro atoms. The molecule has 1 unspecified atom stereocenters. The molecular weight excluding hydrogens is 296 g/mol. The zero-order valence-corrected chi connectivity index (χ0v) is 12.7. The highest BCUT2D eigenvalue weighted by Crippen LogP contribution is 2.42. The zero-order valence-electron chi connectivity index (χ0n) is 11.2. The Balaban J connectivity index is 3.20. The molecule has 0 aromatic heterocycles. The third kappa shape index (κ3) is 2.59. The number of esters is 1. The minimum Gasteiger partial charge on any atom is -0.465 e. The van der Waals surface area contributed by atoms with E-state index in [-0.39, 0.29) is 0 Å². The molecule has 3 nitrogen and oxygen atoms in total. The molecule has 0 fully saturated rings. The van der Waals surface area contributed by atoms with Crippen molar-refractivity contribution < 1.29 is 14.6 Å². The molecule has 1 N–H and O–H groups in total. The second kappa shape index (κ2) is 5.41. The lowest BCUT2D eigenvalue weighted by atomic mass is 9.72. The molecule has 0 radical (unpaired) electrons. The first-order chi connectivity index (χ1) is 8.25. The van der Waals surface area contributed by atoms with Crippen LogP contribution in [0.25, 0.3) is 0 Å². The van der Waals surface area contributed by atoms with E-state index in [9.17, 15) is 9.90 Å². The van der Waals surface area contributed by atoms with Crippen molar-refractivity contribution in [3.05, 3.63) is 34.3 Å². The maximum absolute atomic E-state index is 12.0. The summed E-state index contributed by atoms with van der Waals surface area (Å²) in [6.45, 7) is 7.05. The first kappa shape index (κ1) is 15.2. The van der Waals surface area contributed by atoms with Crippen LogP contribution >= 0.6 is 15.9 Å². The van der Waals surface area contributed by atoms with Crippen LogP contribution in [0.4, 0.5) is 0 Å². The van der Waals surface area contributed by atoms with Gasteiger partial charge in [0.15, 0.2) is 0 Å². The Morgan fingerprint density at radius 3 is 2.39 bits per heavy atom. The summed E-state index contributed by atoms with van der Waals surface area (Å²) >= 11 is 3.40. The van der Waals surface area contributed by atoms with Crippen molar-refractivity contribution in [2.45, 2.75) is 33.3 Å². The molecule has 0 saturated carbocycles. The number of hydrogen-bond acceptors (Lipinski definition) is 3. The van der Waals surface area contributed by atoms with Crippen molar-refractivity contribution >= 4 is 21.9 Å².